The number of rotatable bonds is 16. The Bertz CT molecular complexity index is 377. The summed E-state index contributed by atoms with van der Waals surface area (Å²) in [4.78, 5) is 16.9. The van der Waals surface area contributed by atoms with Gasteiger partial charge in [0, 0.05) is 26.2 Å². The summed E-state index contributed by atoms with van der Waals surface area (Å²) >= 11 is 0. The third kappa shape index (κ3) is 16.2. The molecule has 28 heavy (non-hydrogen) atoms. The van der Waals surface area contributed by atoms with Crippen LogP contribution in [0.5, 0.6) is 0 Å². The fourth-order valence-corrected chi connectivity index (χ4v) is 3.52. The van der Waals surface area contributed by atoms with Crippen molar-refractivity contribution in [2.75, 3.05) is 45.8 Å². The number of unbranched alkanes of at least 4 members (excludes halogenated alkanes) is 1. The van der Waals surface area contributed by atoms with Crippen molar-refractivity contribution in [1.82, 2.24) is 15.1 Å². The molecule has 1 atom stereocenters. The molecule has 0 saturated heterocycles. The first-order valence-electron chi connectivity index (χ1n) is 11.6. The highest BCUT2D eigenvalue weighted by Gasteiger charge is 2.15. The maximum Gasteiger partial charge on any atom is 0.407 e. The van der Waals surface area contributed by atoms with Crippen molar-refractivity contribution in [1.29, 1.82) is 0 Å². The zero-order chi connectivity index (χ0) is 21.4. The van der Waals surface area contributed by atoms with Gasteiger partial charge in [0.05, 0.1) is 0 Å². The third-order valence-electron chi connectivity index (χ3n) is 4.71. The molecule has 0 radical (unpaired) electrons. The van der Waals surface area contributed by atoms with Gasteiger partial charge in [-0.15, -0.1) is 0 Å². The van der Waals surface area contributed by atoms with Crippen LogP contribution in [-0.2, 0) is 4.74 Å². The van der Waals surface area contributed by atoms with Crippen LogP contribution in [0.4, 0.5) is 4.79 Å². The number of carbonyl (C=O) groups excluding carboxylic acids is 1. The SMILES string of the molecule is CCCN(CCC)CCN(CCC)CC(C)CCCCNC(=O)OC(C)(C)C. The molecule has 0 aliphatic rings. The Labute approximate surface area is 175 Å². The van der Waals surface area contributed by atoms with E-state index in [1.165, 1.54) is 65.0 Å². The van der Waals surface area contributed by atoms with Gasteiger partial charge >= 0.3 is 6.09 Å². The second-order valence-corrected chi connectivity index (χ2v) is 9.17. The molecular weight excluding hydrogens is 350 g/mol. The molecule has 0 saturated carbocycles. The van der Waals surface area contributed by atoms with Crippen molar-refractivity contribution in [3.63, 3.8) is 0 Å². The largest absolute Gasteiger partial charge is 0.444 e. The number of alkyl carbamates (subject to hydrolysis) is 1. The first-order valence-corrected chi connectivity index (χ1v) is 11.6. The molecule has 1 amide bonds. The number of carbonyl (C=O) groups is 1. The molecule has 0 aliphatic carbocycles. The minimum atomic E-state index is -0.425. The zero-order valence-electron chi connectivity index (χ0n) is 20.0. The maximum atomic E-state index is 11.6. The molecule has 0 aromatic heterocycles. The van der Waals surface area contributed by atoms with Crippen LogP contribution in [0.3, 0.4) is 0 Å². The quantitative estimate of drug-likeness (QED) is 0.365. The van der Waals surface area contributed by atoms with Crippen LogP contribution in [0, 0.1) is 5.92 Å². The molecular formula is C23H49N3O2. The summed E-state index contributed by atoms with van der Waals surface area (Å²) in [6.45, 7) is 22.7. The molecule has 0 spiro atoms. The number of hydrogen-bond acceptors (Lipinski definition) is 4. The van der Waals surface area contributed by atoms with Crippen LogP contribution in [0.1, 0.15) is 87.0 Å². The zero-order valence-corrected chi connectivity index (χ0v) is 20.0. The second-order valence-electron chi connectivity index (χ2n) is 9.17. The van der Waals surface area contributed by atoms with Crippen LogP contribution < -0.4 is 5.32 Å². The lowest BCUT2D eigenvalue weighted by Gasteiger charge is -2.29. The van der Waals surface area contributed by atoms with E-state index in [-0.39, 0.29) is 6.09 Å². The van der Waals surface area contributed by atoms with Crippen LogP contribution in [0.25, 0.3) is 0 Å². The molecule has 5 heteroatoms. The van der Waals surface area contributed by atoms with Gasteiger partial charge < -0.3 is 19.9 Å². The normalized spacial score (nSPS) is 13.2. The van der Waals surface area contributed by atoms with Gasteiger partial charge in [-0.05, 0) is 78.4 Å². The van der Waals surface area contributed by atoms with Crippen LogP contribution in [0.2, 0.25) is 0 Å². The average Bonchev–Trinajstić information content (AvgIpc) is 2.58. The molecule has 0 bridgehead atoms. The van der Waals surface area contributed by atoms with E-state index in [1.807, 2.05) is 20.8 Å². The highest BCUT2D eigenvalue weighted by atomic mass is 16.6. The van der Waals surface area contributed by atoms with Gasteiger partial charge in [-0.3, -0.25) is 0 Å². The van der Waals surface area contributed by atoms with E-state index in [1.54, 1.807) is 0 Å². The van der Waals surface area contributed by atoms with Crippen LogP contribution >= 0.6 is 0 Å². The first-order chi connectivity index (χ1) is 13.2. The minimum Gasteiger partial charge on any atom is -0.444 e. The molecule has 168 valence electrons. The highest BCUT2D eigenvalue weighted by Crippen LogP contribution is 2.11. The van der Waals surface area contributed by atoms with E-state index in [4.69, 9.17) is 4.74 Å². The summed E-state index contributed by atoms with van der Waals surface area (Å²) < 4.78 is 5.26. The molecule has 5 nitrogen and oxygen atoms in total. The van der Waals surface area contributed by atoms with E-state index in [0.717, 1.165) is 12.8 Å². The molecule has 0 aliphatic heterocycles. The summed E-state index contributed by atoms with van der Waals surface area (Å²) in [7, 11) is 0. The average molecular weight is 400 g/mol. The number of nitrogens with zero attached hydrogens (tertiary/aromatic N) is 2. The molecule has 1 N–H and O–H groups in total. The Morgan fingerprint density at radius 2 is 1.43 bits per heavy atom. The third-order valence-corrected chi connectivity index (χ3v) is 4.71. The molecule has 0 aromatic rings. The van der Waals surface area contributed by atoms with E-state index in [9.17, 15) is 4.79 Å². The van der Waals surface area contributed by atoms with Crippen molar-refractivity contribution >= 4 is 6.09 Å². The molecule has 0 heterocycles. The lowest BCUT2D eigenvalue weighted by atomic mass is 10.0. The van der Waals surface area contributed by atoms with Crippen molar-refractivity contribution < 1.29 is 9.53 Å². The van der Waals surface area contributed by atoms with Gasteiger partial charge in [-0.25, -0.2) is 4.79 Å². The Hall–Kier alpha value is -0.810. The second kappa shape index (κ2) is 16.0. The minimum absolute atomic E-state index is 0.307. The van der Waals surface area contributed by atoms with Gasteiger partial charge in [0.2, 0.25) is 0 Å². The lowest BCUT2D eigenvalue weighted by molar-refractivity contribution is 0.0527. The van der Waals surface area contributed by atoms with Gasteiger partial charge in [0.15, 0.2) is 0 Å². The Kier molecular flexibility index (Phi) is 15.6. The first kappa shape index (κ1) is 27.2. The number of amides is 1. The highest BCUT2D eigenvalue weighted by molar-refractivity contribution is 5.67. The standard InChI is InChI=1S/C23H49N3O2/c1-8-15-25(16-9-2)18-19-26(17-10-3)20-21(4)13-11-12-14-24-22(27)28-23(5,6)7/h21H,8-20H2,1-7H3,(H,24,27). The summed E-state index contributed by atoms with van der Waals surface area (Å²) in [5, 5.41) is 2.85. The van der Waals surface area contributed by atoms with E-state index < -0.39 is 5.60 Å². The molecule has 1 unspecified atom stereocenters. The summed E-state index contributed by atoms with van der Waals surface area (Å²) in [5.74, 6) is 0.693. The van der Waals surface area contributed by atoms with Gasteiger partial charge in [0.1, 0.15) is 5.60 Å². The van der Waals surface area contributed by atoms with E-state index in [0.29, 0.717) is 12.5 Å². The Morgan fingerprint density at radius 3 is 1.96 bits per heavy atom. The number of nitrogens with one attached hydrogen (secondary N) is 1. The van der Waals surface area contributed by atoms with Gasteiger partial charge in [-0.1, -0.05) is 34.1 Å². The predicted octanol–water partition coefficient (Wildman–Crippen LogP) is 5.15. The van der Waals surface area contributed by atoms with E-state index in [2.05, 4.69) is 42.8 Å². The number of ether oxygens (including phenoxy) is 1. The fraction of sp³-hybridized carbons (Fsp3) is 0.957. The van der Waals surface area contributed by atoms with Gasteiger partial charge in [-0.2, -0.15) is 0 Å². The van der Waals surface area contributed by atoms with Crippen molar-refractivity contribution in [3.8, 4) is 0 Å². The summed E-state index contributed by atoms with van der Waals surface area (Å²) in [6.07, 6.45) is 6.76. The smallest absolute Gasteiger partial charge is 0.407 e. The predicted molar refractivity (Wildman–Crippen MR) is 121 cm³/mol. The summed E-state index contributed by atoms with van der Waals surface area (Å²) in [6, 6.07) is 0. The fourth-order valence-electron chi connectivity index (χ4n) is 3.52. The summed E-state index contributed by atoms with van der Waals surface area (Å²) in [5.41, 5.74) is -0.425. The maximum absolute atomic E-state index is 11.6. The lowest BCUT2D eigenvalue weighted by Crippen LogP contribution is -2.38. The van der Waals surface area contributed by atoms with Gasteiger partial charge in [0.25, 0.3) is 0 Å². The van der Waals surface area contributed by atoms with Crippen LogP contribution in [-0.4, -0.2) is 67.3 Å². The van der Waals surface area contributed by atoms with Crippen LogP contribution in [0.15, 0.2) is 0 Å². The number of hydrogen-bond donors (Lipinski definition) is 1. The topological polar surface area (TPSA) is 44.8 Å². The van der Waals surface area contributed by atoms with E-state index >= 15 is 0 Å². The molecule has 0 aromatic carbocycles. The Balaban J connectivity index is 4.06. The Morgan fingerprint density at radius 1 is 0.893 bits per heavy atom. The molecule has 0 fully saturated rings. The van der Waals surface area contributed by atoms with Crippen molar-refractivity contribution in [2.24, 2.45) is 5.92 Å². The van der Waals surface area contributed by atoms with Crippen molar-refractivity contribution in [3.05, 3.63) is 0 Å². The molecule has 0 rings (SSSR count). The monoisotopic (exact) mass is 399 g/mol. The van der Waals surface area contributed by atoms with Crippen molar-refractivity contribution in [2.45, 2.75) is 92.6 Å².